The second kappa shape index (κ2) is 11.9. The van der Waals surface area contributed by atoms with Gasteiger partial charge in [0.05, 0.1) is 27.6 Å². The second-order valence-corrected chi connectivity index (χ2v) is 14.4. The van der Waals surface area contributed by atoms with Crippen LogP contribution in [0.15, 0.2) is 188 Å². The van der Waals surface area contributed by atoms with Gasteiger partial charge in [-0.05, 0) is 46.5 Å². The summed E-state index contributed by atoms with van der Waals surface area (Å²) in [7, 11) is 0. The topological polar surface area (TPSA) is 48.0 Å². The van der Waals surface area contributed by atoms with Crippen LogP contribution in [0.5, 0.6) is 0 Å². The van der Waals surface area contributed by atoms with Crippen molar-refractivity contribution < 1.29 is 0 Å². The number of aromatic nitrogens is 5. The standard InChI is InChI=1S/C51H31N5/c1-3-13-32(14-4-1)34-23-27-36(28-24-34)49-52-50(37-29-25-35(26-30-37)33-15-5-2-6-16-33)54-51(53-49)56-44-21-11-8-18-39(44)42-31-41-38-17-7-10-20-43(38)55-45-22-12-9-19-40(45)46(47(41)55)48(42)56/h1-31H. The summed E-state index contributed by atoms with van der Waals surface area (Å²) in [5.74, 6) is 1.82. The molecule has 0 amide bonds. The third kappa shape index (κ3) is 4.52. The molecule has 260 valence electrons. The molecule has 56 heavy (non-hydrogen) atoms. The predicted octanol–water partition coefficient (Wildman–Crippen LogP) is 12.8. The average Bonchev–Trinajstić information content (AvgIpc) is 3.92. The second-order valence-electron chi connectivity index (χ2n) is 14.4. The van der Waals surface area contributed by atoms with Crippen molar-refractivity contribution in [3.8, 4) is 51.0 Å². The van der Waals surface area contributed by atoms with Gasteiger partial charge < -0.3 is 4.40 Å². The number of nitrogens with zero attached hydrogens (tertiary/aromatic N) is 5. The van der Waals surface area contributed by atoms with Crippen molar-refractivity contribution in [1.29, 1.82) is 0 Å². The Hall–Kier alpha value is -7.63. The lowest BCUT2D eigenvalue weighted by atomic mass is 10.0. The van der Waals surface area contributed by atoms with E-state index in [1.54, 1.807) is 0 Å². The van der Waals surface area contributed by atoms with Crippen LogP contribution in [0, 0.1) is 0 Å². The van der Waals surface area contributed by atoms with Gasteiger partial charge in [0.1, 0.15) is 0 Å². The van der Waals surface area contributed by atoms with Crippen LogP contribution in [0.2, 0.25) is 0 Å². The Kier molecular flexibility index (Phi) is 6.56. The molecule has 0 bridgehead atoms. The van der Waals surface area contributed by atoms with Crippen LogP contribution in [0.25, 0.3) is 111 Å². The maximum absolute atomic E-state index is 5.34. The first-order valence-corrected chi connectivity index (χ1v) is 19.0. The zero-order chi connectivity index (χ0) is 36.7. The molecule has 0 aliphatic heterocycles. The van der Waals surface area contributed by atoms with E-state index >= 15 is 0 Å². The normalized spacial score (nSPS) is 11.9. The van der Waals surface area contributed by atoms with E-state index < -0.39 is 0 Å². The van der Waals surface area contributed by atoms with Gasteiger partial charge in [0.2, 0.25) is 5.95 Å². The monoisotopic (exact) mass is 713 g/mol. The van der Waals surface area contributed by atoms with Gasteiger partial charge in [0, 0.05) is 43.4 Å². The average molecular weight is 714 g/mol. The number of hydrogen-bond acceptors (Lipinski definition) is 3. The number of para-hydroxylation sites is 3. The molecule has 0 saturated carbocycles. The molecule has 0 N–H and O–H groups in total. The van der Waals surface area contributed by atoms with Crippen LogP contribution < -0.4 is 0 Å². The minimum absolute atomic E-state index is 0.582. The summed E-state index contributed by atoms with van der Waals surface area (Å²) in [5.41, 5.74) is 12.2. The molecule has 12 aromatic rings. The Morgan fingerprint density at radius 3 is 1.29 bits per heavy atom. The SMILES string of the molecule is c1ccc(-c2ccc(-c3nc(-c4ccc(-c5ccccc5)cc4)nc(-n4c5ccccc5c5cc6c7ccccc7n7c8ccccc8c(c54)c67)n3)cc2)cc1. The molecule has 4 heterocycles. The largest absolute Gasteiger partial charge is 0.308 e. The van der Waals surface area contributed by atoms with E-state index in [0.717, 1.165) is 38.7 Å². The fraction of sp³-hybridized carbons (Fsp3) is 0. The van der Waals surface area contributed by atoms with E-state index in [-0.39, 0.29) is 0 Å². The smallest absolute Gasteiger partial charge is 0.238 e. The van der Waals surface area contributed by atoms with Gasteiger partial charge in [-0.2, -0.15) is 9.97 Å². The Labute approximate surface area is 321 Å². The predicted molar refractivity (Wildman–Crippen MR) is 231 cm³/mol. The quantitative estimate of drug-likeness (QED) is 0.178. The van der Waals surface area contributed by atoms with Crippen molar-refractivity contribution in [3.05, 3.63) is 188 Å². The van der Waals surface area contributed by atoms with E-state index in [9.17, 15) is 0 Å². The molecule has 0 unspecified atom stereocenters. The van der Waals surface area contributed by atoms with Gasteiger partial charge in [-0.1, -0.05) is 164 Å². The van der Waals surface area contributed by atoms with Crippen LogP contribution in [0.4, 0.5) is 0 Å². The molecule has 5 nitrogen and oxygen atoms in total. The summed E-state index contributed by atoms with van der Waals surface area (Å²) < 4.78 is 4.71. The van der Waals surface area contributed by atoms with Crippen molar-refractivity contribution in [2.24, 2.45) is 0 Å². The summed E-state index contributed by atoms with van der Waals surface area (Å²) in [6, 6.07) is 66.5. The fourth-order valence-electron chi connectivity index (χ4n) is 8.77. The van der Waals surface area contributed by atoms with E-state index in [0.29, 0.717) is 17.6 Å². The van der Waals surface area contributed by atoms with Crippen LogP contribution in [0.3, 0.4) is 0 Å². The van der Waals surface area contributed by atoms with E-state index in [1.165, 1.54) is 54.6 Å². The van der Waals surface area contributed by atoms with Crippen LogP contribution in [0.1, 0.15) is 0 Å². The minimum atomic E-state index is 0.582. The molecule has 12 rings (SSSR count). The van der Waals surface area contributed by atoms with Gasteiger partial charge in [0.15, 0.2) is 11.6 Å². The lowest BCUT2D eigenvalue weighted by Crippen LogP contribution is -2.06. The maximum atomic E-state index is 5.34. The van der Waals surface area contributed by atoms with Crippen molar-refractivity contribution in [2.75, 3.05) is 0 Å². The summed E-state index contributed by atoms with van der Waals surface area (Å²) in [4.78, 5) is 15.9. The summed E-state index contributed by atoms with van der Waals surface area (Å²) in [5, 5.41) is 7.23. The van der Waals surface area contributed by atoms with Crippen molar-refractivity contribution in [3.63, 3.8) is 0 Å². The van der Waals surface area contributed by atoms with E-state index in [4.69, 9.17) is 15.0 Å². The summed E-state index contributed by atoms with van der Waals surface area (Å²) >= 11 is 0. The van der Waals surface area contributed by atoms with Crippen molar-refractivity contribution in [1.82, 2.24) is 23.9 Å². The molecular formula is C51H31N5. The van der Waals surface area contributed by atoms with E-state index in [1.807, 2.05) is 12.1 Å². The Bertz CT molecular complexity index is 3330. The zero-order valence-electron chi connectivity index (χ0n) is 30.1. The highest BCUT2D eigenvalue weighted by Crippen LogP contribution is 2.46. The number of fused-ring (bicyclic) bond motifs is 10. The Morgan fingerprint density at radius 2 is 0.714 bits per heavy atom. The Balaban J connectivity index is 1.16. The van der Waals surface area contributed by atoms with Gasteiger partial charge in [-0.3, -0.25) is 4.57 Å². The van der Waals surface area contributed by atoms with Crippen molar-refractivity contribution in [2.45, 2.75) is 0 Å². The van der Waals surface area contributed by atoms with Crippen molar-refractivity contribution >= 4 is 59.9 Å². The zero-order valence-corrected chi connectivity index (χ0v) is 30.1. The third-order valence-corrected chi connectivity index (χ3v) is 11.3. The van der Waals surface area contributed by atoms with Gasteiger partial charge in [0.25, 0.3) is 0 Å². The lowest BCUT2D eigenvalue weighted by molar-refractivity contribution is 0.955. The van der Waals surface area contributed by atoms with Gasteiger partial charge >= 0.3 is 0 Å². The molecule has 0 radical (unpaired) electrons. The van der Waals surface area contributed by atoms with Crippen LogP contribution >= 0.6 is 0 Å². The lowest BCUT2D eigenvalue weighted by Gasteiger charge is -2.12. The number of hydrogen-bond donors (Lipinski definition) is 0. The molecule has 0 fully saturated rings. The first-order valence-electron chi connectivity index (χ1n) is 19.0. The Morgan fingerprint density at radius 1 is 0.304 bits per heavy atom. The van der Waals surface area contributed by atoms with Crippen LogP contribution in [-0.4, -0.2) is 23.9 Å². The molecule has 4 aromatic heterocycles. The van der Waals surface area contributed by atoms with Crippen LogP contribution in [-0.2, 0) is 0 Å². The number of benzene rings is 8. The van der Waals surface area contributed by atoms with E-state index in [2.05, 4.69) is 185 Å². The molecule has 0 saturated heterocycles. The minimum Gasteiger partial charge on any atom is -0.308 e. The molecule has 0 aliphatic carbocycles. The molecule has 0 spiro atoms. The van der Waals surface area contributed by atoms with Gasteiger partial charge in [-0.25, -0.2) is 4.98 Å². The maximum Gasteiger partial charge on any atom is 0.238 e. The highest BCUT2D eigenvalue weighted by atomic mass is 15.2. The fourth-order valence-corrected chi connectivity index (χ4v) is 8.77. The summed E-state index contributed by atoms with van der Waals surface area (Å²) in [6.07, 6.45) is 0. The van der Waals surface area contributed by atoms with Gasteiger partial charge in [-0.15, -0.1) is 0 Å². The summed E-state index contributed by atoms with van der Waals surface area (Å²) in [6.45, 7) is 0. The molecular weight excluding hydrogens is 683 g/mol. The molecule has 0 aliphatic rings. The molecule has 8 aromatic carbocycles. The first-order chi connectivity index (χ1) is 27.8. The highest BCUT2D eigenvalue weighted by Gasteiger charge is 2.25. The third-order valence-electron chi connectivity index (χ3n) is 11.3. The number of rotatable bonds is 5. The first kappa shape index (κ1) is 30.8. The highest BCUT2D eigenvalue weighted by molar-refractivity contribution is 6.34. The molecule has 0 atom stereocenters. The molecule has 5 heteroatoms.